The maximum Gasteiger partial charge on any atom is 0.151 e. The van der Waals surface area contributed by atoms with E-state index in [2.05, 4.69) is 10.4 Å². The molecular formula is C18H23F2N3O. The summed E-state index contributed by atoms with van der Waals surface area (Å²) in [7, 11) is 0. The zero-order valence-corrected chi connectivity index (χ0v) is 13.6. The zero-order valence-electron chi connectivity index (χ0n) is 13.6. The van der Waals surface area contributed by atoms with Crippen LogP contribution in [0.3, 0.4) is 0 Å². The van der Waals surface area contributed by atoms with Crippen LogP contribution in [0.2, 0.25) is 0 Å². The minimum absolute atomic E-state index is 0.161. The van der Waals surface area contributed by atoms with Gasteiger partial charge in [-0.1, -0.05) is 25.3 Å². The van der Waals surface area contributed by atoms with Crippen molar-refractivity contribution in [1.29, 1.82) is 0 Å². The lowest BCUT2D eigenvalue weighted by Crippen LogP contribution is -2.37. The maximum atomic E-state index is 13.8. The molecule has 2 N–H and O–H groups in total. The number of nitrogens with zero attached hydrogens (tertiary/aromatic N) is 2. The maximum absolute atomic E-state index is 13.8. The van der Waals surface area contributed by atoms with E-state index in [-0.39, 0.29) is 24.3 Å². The summed E-state index contributed by atoms with van der Waals surface area (Å²) in [5.74, 6) is -1.01. The molecule has 0 aliphatic heterocycles. The second-order valence-corrected chi connectivity index (χ2v) is 6.39. The minimum Gasteiger partial charge on any atom is -0.396 e. The number of benzene rings is 1. The number of hydrogen-bond acceptors (Lipinski definition) is 3. The number of rotatable bonds is 5. The van der Waals surface area contributed by atoms with Crippen molar-refractivity contribution in [2.24, 2.45) is 5.92 Å². The van der Waals surface area contributed by atoms with E-state index >= 15 is 0 Å². The summed E-state index contributed by atoms with van der Waals surface area (Å²) < 4.78 is 28.9. The number of para-hydroxylation sites is 1. The average molecular weight is 335 g/mol. The van der Waals surface area contributed by atoms with E-state index in [9.17, 15) is 13.9 Å². The summed E-state index contributed by atoms with van der Waals surface area (Å²) in [6.07, 6.45) is 7.15. The molecule has 130 valence electrons. The normalized spacial score (nSPS) is 21.6. The molecule has 0 unspecified atom stereocenters. The summed E-state index contributed by atoms with van der Waals surface area (Å²) in [6.45, 7) is 0.705. The number of halogens is 2. The van der Waals surface area contributed by atoms with Crippen molar-refractivity contribution < 1.29 is 13.9 Å². The minimum atomic E-state index is -0.637. The molecule has 1 aromatic carbocycles. The molecule has 4 nitrogen and oxygen atoms in total. The fraction of sp³-hybridized carbons (Fsp3) is 0.500. The lowest BCUT2D eigenvalue weighted by molar-refractivity contribution is 0.180. The first-order chi connectivity index (χ1) is 11.7. The van der Waals surface area contributed by atoms with Crippen molar-refractivity contribution >= 4 is 0 Å². The molecule has 1 heterocycles. The molecular weight excluding hydrogens is 312 g/mol. The highest BCUT2D eigenvalue weighted by Gasteiger charge is 2.22. The molecule has 1 aliphatic carbocycles. The first-order valence-corrected chi connectivity index (χ1v) is 8.52. The Morgan fingerprint density at radius 3 is 2.62 bits per heavy atom. The molecule has 3 rings (SSSR count). The fourth-order valence-corrected chi connectivity index (χ4v) is 3.40. The van der Waals surface area contributed by atoms with Crippen molar-refractivity contribution in [2.75, 3.05) is 6.61 Å². The van der Waals surface area contributed by atoms with Crippen LogP contribution in [0, 0.1) is 17.6 Å². The number of aliphatic hydroxyl groups is 1. The lowest BCUT2D eigenvalue weighted by Gasteiger charge is -2.24. The summed E-state index contributed by atoms with van der Waals surface area (Å²) in [5, 5.41) is 17.3. The van der Waals surface area contributed by atoms with Gasteiger partial charge < -0.3 is 10.4 Å². The van der Waals surface area contributed by atoms with Crippen molar-refractivity contribution in [2.45, 2.75) is 44.7 Å². The van der Waals surface area contributed by atoms with Crippen LogP contribution >= 0.6 is 0 Å². The van der Waals surface area contributed by atoms with E-state index in [0.717, 1.165) is 31.4 Å². The van der Waals surface area contributed by atoms with Crippen LogP contribution in [0.1, 0.15) is 37.8 Å². The average Bonchev–Trinajstić information content (AvgIpc) is 2.90. The van der Waals surface area contributed by atoms with Crippen LogP contribution in [0.25, 0.3) is 5.69 Å². The van der Waals surface area contributed by atoms with Crippen molar-refractivity contribution in [3.8, 4) is 5.69 Å². The van der Waals surface area contributed by atoms with Gasteiger partial charge in [0.25, 0.3) is 0 Å². The third-order valence-electron chi connectivity index (χ3n) is 4.75. The molecule has 24 heavy (non-hydrogen) atoms. The van der Waals surface area contributed by atoms with Crippen LogP contribution in [0.5, 0.6) is 0 Å². The van der Waals surface area contributed by atoms with Crippen LogP contribution < -0.4 is 5.32 Å². The standard InChI is InChI=1S/C18H23F2N3O/c19-15-6-4-7-16(20)18(15)23-10-9-14(22-23)11-21-17-8-3-1-2-5-13(17)12-24/h4,6-7,9-10,13,17,21,24H,1-3,5,8,11-12H2/t13-,17+/m1/s1. The molecule has 1 fully saturated rings. The van der Waals surface area contributed by atoms with E-state index in [1.54, 1.807) is 12.3 Å². The topological polar surface area (TPSA) is 50.1 Å². The first-order valence-electron chi connectivity index (χ1n) is 8.52. The van der Waals surface area contributed by atoms with Gasteiger partial charge in [0, 0.05) is 25.4 Å². The molecule has 0 radical (unpaired) electrons. The second kappa shape index (κ2) is 7.85. The molecule has 2 atom stereocenters. The summed E-state index contributed by atoms with van der Waals surface area (Å²) in [4.78, 5) is 0. The van der Waals surface area contributed by atoms with Gasteiger partial charge >= 0.3 is 0 Å². The van der Waals surface area contributed by atoms with E-state index in [4.69, 9.17) is 0 Å². The Morgan fingerprint density at radius 1 is 1.12 bits per heavy atom. The molecule has 1 aliphatic rings. The van der Waals surface area contributed by atoms with E-state index in [1.165, 1.54) is 29.3 Å². The Kier molecular flexibility index (Phi) is 5.58. The van der Waals surface area contributed by atoms with Crippen LogP contribution in [-0.2, 0) is 6.54 Å². The highest BCUT2D eigenvalue weighted by molar-refractivity contribution is 5.34. The van der Waals surface area contributed by atoms with Crippen LogP contribution in [0.4, 0.5) is 8.78 Å². The number of aromatic nitrogens is 2. The molecule has 1 aromatic heterocycles. The Morgan fingerprint density at radius 2 is 1.88 bits per heavy atom. The smallest absolute Gasteiger partial charge is 0.151 e. The van der Waals surface area contributed by atoms with Gasteiger partial charge in [0.2, 0.25) is 0 Å². The fourth-order valence-electron chi connectivity index (χ4n) is 3.40. The van der Waals surface area contributed by atoms with Gasteiger partial charge in [-0.2, -0.15) is 5.10 Å². The van der Waals surface area contributed by atoms with Crippen molar-refractivity contribution in [3.05, 3.63) is 47.8 Å². The van der Waals surface area contributed by atoms with Gasteiger partial charge in [-0.05, 0) is 37.0 Å². The Bertz CT molecular complexity index is 654. The Hall–Kier alpha value is -1.79. The predicted molar refractivity (Wildman–Crippen MR) is 87.8 cm³/mol. The summed E-state index contributed by atoms with van der Waals surface area (Å²) in [6, 6.07) is 5.78. The molecule has 1 saturated carbocycles. The van der Waals surface area contributed by atoms with Crippen molar-refractivity contribution in [3.63, 3.8) is 0 Å². The Labute approximate surface area is 140 Å². The first kappa shape index (κ1) is 17.0. The predicted octanol–water partition coefficient (Wildman–Crippen LogP) is 3.18. The molecule has 2 aromatic rings. The lowest BCUT2D eigenvalue weighted by atomic mass is 9.95. The summed E-state index contributed by atoms with van der Waals surface area (Å²) in [5.41, 5.74) is 0.560. The molecule has 0 saturated heterocycles. The number of hydrogen-bond donors (Lipinski definition) is 2. The van der Waals surface area contributed by atoms with Gasteiger partial charge in [0.15, 0.2) is 11.6 Å². The number of nitrogens with one attached hydrogen (secondary N) is 1. The zero-order chi connectivity index (χ0) is 16.9. The third kappa shape index (κ3) is 3.82. The summed E-state index contributed by atoms with van der Waals surface area (Å²) >= 11 is 0. The SMILES string of the molecule is OC[C@H]1CCCCC[C@@H]1NCc1ccn(-c2c(F)cccc2F)n1. The third-order valence-corrected chi connectivity index (χ3v) is 4.75. The molecule has 0 bridgehead atoms. The number of aliphatic hydroxyl groups excluding tert-OH is 1. The highest BCUT2D eigenvalue weighted by Crippen LogP contribution is 2.23. The van der Waals surface area contributed by atoms with Gasteiger partial charge in [-0.15, -0.1) is 0 Å². The van der Waals surface area contributed by atoms with Gasteiger partial charge in [0.05, 0.1) is 5.69 Å². The second-order valence-electron chi connectivity index (χ2n) is 6.39. The van der Waals surface area contributed by atoms with Crippen molar-refractivity contribution in [1.82, 2.24) is 15.1 Å². The monoisotopic (exact) mass is 335 g/mol. The van der Waals surface area contributed by atoms with E-state index < -0.39 is 11.6 Å². The molecule has 6 heteroatoms. The van der Waals surface area contributed by atoms with Gasteiger partial charge in [-0.25, -0.2) is 13.5 Å². The van der Waals surface area contributed by atoms with Gasteiger partial charge in [0.1, 0.15) is 5.69 Å². The van der Waals surface area contributed by atoms with E-state index in [1.807, 2.05) is 0 Å². The van der Waals surface area contributed by atoms with Crippen LogP contribution in [-0.4, -0.2) is 27.5 Å². The van der Waals surface area contributed by atoms with Crippen LogP contribution in [0.15, 0.2) is 30.5 Å². The van der Waals surface area contributed by atoms with Gasteiger partial charge in [-0.3, -0.25) is 0 Å². The largest absolute Gasteiger partial charge is 0.396 e. The molecule has 0 spiro atoms. The highest BCUT2D eigenvalue weighted by atomic mass is 19.1. The quantitative estimate of drug-likeness (QED) is 0.825. The Balaban J connectivity index is 1.68. The molecule has 0 amide bonds. The van der Waals surface area contributed by atoms with E-state index in [0.29, 0.717) is 6.54 Å².